The van der Waals surface area contributed by atoms with Crippen LogP contribution < -0.4 is 0 Å². The molecule has 3 nitrogen and oxygen atoms in total. The van der Waals surface area contributed by atoms with Crippen LogP contribution in [-0.2, 0) is 0 Å². The van der Waals surface area contributed by atoms with Gasteiger partial charge < -0.3 is 4.98 Å². The van der Waals surface area contributed by atoms with Gasteiger partial charge in [0, 0.05) is 12.5 Å². The van der Waals surface area contributed by atoms with Crippen molar-refractivity contribution in [2.24, 2.45) is 0 Å². The van der Waals surface area contributed by atoms with E-state index in [4.69, 9.17) is 0 Å². The first-order chi connectivity index (χ1) is 8.08. The van der Waals surface area contributed by atoms with E-state index < -0.39 is 0 Å². The van der Waals surface area contributed by atoms with Crippen LogP contribution in [0.2, 0.25) is 0 Å². The molecular weight excluding hydrogens is 212 g/mol. The van der Waals surface area contributed by atoms with Gasteiger partial charge in [-0.3, -0.25) is 4.79 Å². The van der Waals surface area contributed by atoms with Gasteiger partial charge in [0.25, 0.3) is 0 Å². The lowest BCUT2D eigenvalue weighted by Crippen LogP contribution is -1.91. The highest BCUT2D eigenvalue weighted by molar-refractivity contribution is 5.92. The van der Waals surface area contributed by atoms with Gasteiger partial charge in [0.2, 0.25) is 0 Å². The molecule has 0 aliphatic rings. The Kier molecular flexibility index (Phi) is 3.09. The fourth-order valence-electron chi connectivity index (χ4n) is 1.67. The fourth-order valence-corrected chi connectivity index (χ4v) is 1.67. The summed E-state index contributed by atoms with van der Waals surface area (Å²) in [7, 11) is 0. The zero-order valence-electron chi connectivity index (χ0n) is 10.3. The number of aromatic amines is 1. The molecule has 0 unspecified atom stereocenters. The Morgan fingerprint density at radius 3 is 2.35 bits per heavy atom. The summed E-state index contributed by atoms with van der Waals surface area (Å²) in [4.78, 5) is 18.4. The number of hydrogen-bond acceptors (Lipinski definition) is 2. The summed E-state index contributed by atoms with van der Waals surface area (Å²) in [6.07, 6.45) is 1.58. The first kappa shape index (κ1) is 11.6. The summed E-state index contributed by atoms with van der Waals surface area (Å²) in [5.74, 6) is 1.27. The molecular formula is C14H16N2O. The molecule has 88 valence electrons. The van der Waals surface area contributed by atoms with E-state index in [0.29, 0.717) is 11.6 Å². The predicted molar refractivity (Wildman–Crippen MR) is 68.1 cm³/mol. The van der Waals surface area contributed by atoms with Crippen molar-refractivity contribution in [3.8, 4) is 11.4 Å². The van der Waals surface area contributed by atoms with Gasteiger partial charge in [-0.25, -0.2) is 4.98 Å². The average molecular weight is 228 g/mol. The van der Waals surface area contributed by atoms with E-state index in [1.807, 2.05) is 12.1 Å². The number of carbonyl (C=O) groups is 1. The molecule has 0 radical (unpaired) electrons. The van der Waals surface area contributed by atoms with Gasteiger partial charge in [-0.1, -0.05) is 38.1 Å². The number of benzene rings is 1. The van der Waals surface area contributed by atoms with Crippen molar-refractivity contribution in [3.05, 3.63) is 41.7 Å². The number of nitrogens with one attached hydrogen (secondary N) is 1. The maximum absolute atomic E-state index is 11.2. The van der Waals surface area contributed by atoms with E-state index in [1.165, 1.54) is 12.5 Å². The average Bonchev–Trinajstić information content (AvgIpc) is 2.78. The van der Waals surface area contributed by atoms with Crippen molar-refractivity contribution in [3.63, 3.8) is 0 Å². The van der Waals surface area contributed by atoms with Crippen molar-refractivity contribution in [2.45, 2.75) is 26.7 Å². The Balaban J connectivity index is 2.30. The molecule has 0 aliphatic carbocycles. The molecule has 2 aromatic rings. The third kappa shape index (κ3) is 2.44. The molecule has 0 aliphatic heterocycles. The van der Waals surface area contributed by atoms with Crippen LogP contribution in [0.15, 0.2) is 30.5 Å². The van der Waals surface area contributed by atoms with Crippen LogP contribution in [0.25, 0.3) is 11.4 Å². The summed E-state index contributed by atoms with van der Waals surface area (Å²) >= 11 is 0. The summed E-state index contributed by atoms with van der Waals surface area (Å²) < 4.78 is 0. The number of aromatic nitrogens is 2. The second kappa shape index (κ2) is 4.53. The van der Waals surface area contributed by atoms with Gasteiger partial charge in [0.15, 0.2) is 5.78 Å². The van der Waals surface area contributed by atoms with E-state index in [-0.39, 0.29) is 5.78 Å². The smallest absolute Gasteiger partial charge is 0.177 e. The Hall–Kier alpha value is -1.90. The molecule has 0 bridgehead atoms. The van der Waals surface area contributed by atoms with Gasteiger partial charge >= 0.3 is 0 Å². The van der Waals surface area contributed by atoms with E-state index in [0.717, 1.165) is 11.4 Å². The Morgan fingerprint density at radius 1 is 1.24 bits per heavy atom. The largest absolute Gasteiger partial charge is 0.336 e. The molecule has 0 fully saturated rings. The van der Waals surface area contributed by atoms with Gasteiger partial charge in [-0.2, -0.15) is 0 Å². The quantitative estimate of drug-likeness (QED) is 0.818. The number of nitrogens with zero attached hydrogens (tertiary/aromatic N) is 1. The monoisotopic (exact) mass is 228 g/mol. The van der Waals surface area contributed by atoms with Crippen LogP contribution >= 0.6 is 0 Å². The van der Waals surface area contributed by atoms with Crippen LogP contribution in [0.4, 0.5) is 0 Å². The highest BCUT2D eigenvalue weighted by atomic mass is 16.1. The van der Waals surface area contributed by atoms with Crippen molar-refractivity contribution in [1.82, 2.24) is 9.97 Å². The highest BCUT2D eigenvalue weighted by Gasteiger charge is 2.07. The van der Waals surface area contributed by atoms with Gasteiger partial charge in [-0.15, -0.1) is 0 Å². The van der Waals surface area contributed by atoms with Gasteiger partial charge in [0.05, 0.1) is 6.20 Å². The third-order valence-electron chi connectivity index (χ3n) is 2.81. The minimum Gasteiger partial charge on any atom is -0.336 e. The first-order valence-corrected chi connectivity index (χ1v) is 5.74. The van der Waals surface area contributed by atoms with Crippen LogP contribution in [0.5, 0.6) is 0 Å². The van der Waals surface area contributed by atoms with Crippen molar-refractivity contribution in [2.75, 3.05) is 0 Å². The van der Waals surface area contributed by atoms with Crippen molar-refractivity contribution < 1.29 is 4.79 Å². The number of ketones is 1. The Morgan fingerprint density at radius 2 is 1.88 bits per heavy atom. The summed E-state index contributed by atoms with van der Waals surface area (Å²) in [6, 6.07) is 8.24. The molecule has 1 N–H and O–H groups in total. The van der Waals surface area contributed by atoms with Gasteiger partial charge in [-0.05, 0) is 11.5 Å². The predicted octanol–water partition coefficient (Wildman–Crippen LogP) is 3.40. The number of Topliss-reactive ketones (excluding diaryl/α,β-unsaturated/α-hetero) is 1. The zero-order valence-corrected chi connectivity index (χ0v) is 10.3. The molecule has 0 spiro atoms. The third-order valence-corrected chi connectivity index (χ3v) is 2.81. The van der Waals surface area contributed by atoms with Crippen molar-refractivity contribution >= 4 is 5.78 Å². The standard InChI is InChI=1S/C14H16N2O/c1-9(2)11-4-6-12(7-5-11)14-15-8-13(16-14)10(3)17/h4-9H,1-3H3,(H,15,16). The normalized spacial score (nSPS) is 10.8. The lowest BCUT2D eigenvalue weighted by atomic mass is 10.0. The van der Waals surface area contributed by atoms with E-state index in [1.54, 1.807) is 6.20 Å². The van der Waals surface area contributed by atoms with Crippen molar-refractivity contribution in [1.29, 1.82) is 0 Å². The van der Waals surface area contributed by atoms with Crippen LogP contribution in [0, 0.1) is 0 Å². The Bertz CT molecular complexity index is 523. The SMILES string of the molecule is CC(=O)c1cnc(-c2ccc(C(C)C)cc2)[nH]1. The number of hydrogen-bond donors (Lipinski definition) is 1. The van der Waals surface area contributed by atoms with Crippen LogP contribution in [0.3, 0.4) is 0 Å². The molecule has 0 saturated carbocycles. The fraction of sp³-hybridized carbons (Fsp3) is 0.286. The molecule has 0 atom stereocenters. The number of H-pyrrole nitrogens is 1. The summed E-state index contributed by atoms with van der Waals surface area (Å²) in [5.41, 5.74) is 2.85. The molecule has 0 saturated heterocycles. The van der Waals surface area contributed by atoms with Gasteiger partial charge in [0.1, 0.15) is 11.5 Å². The maximum Gasteiger partial charge on any atom is 0.177 e. The molecule has 17 heavy (non-hydrogen) atoms. The molecule has 1 heterocycles. The molecule has 1 aromatic heterocycles. The first-order valence-electron chi connectivity index (χ1n) is 5.74. The minimum atomic E-state index is 0.00236. The molecule has 0 amide bonds. The summed E-state index contributed by atoms with van der Waals surface area (Å²) in [5, 5.41) is 0. The number of carbonyl (C=O) groups excluding carboxylic acids is 1. The minimum absolute atomic E-state index is 0.00236. The number of rotatable bonds is 3. The molecule has 3 heteroatoms. The van der Waals surface area contributed by atoms with E-state index >= 15 is 0 Å². The van der Waals surface area contributed by atoms with E-state index in [9.17, 15) is 4.79 Å². The second-order valence-corrected chi connectivity index (χ2v) is 4.48. The second-order valence-electron chi connectivity index (χ2n) is 4.48. The number of imidazole rings is 1. The topological polar surface area (TPSA) is 45.8 Å². The maximum atomic E-state index is 11.2. The lowest BCUT2D eigenvalue weighted by Gasteiger charge is -2.05. The van der Waals surface area contributed by atoms with Crippen LogP contribution in [-0.4, -0.2) is 15.8 Å². The zero-order chi connectivity index (χ0) is 12.4. The van der Waals surface area contributed by atoms with Crippen LogP contribution in [0.1, 0.15) is 42.7 Å². The molecule has 1 aromatic carbocycles. The van der Waals surface area contributed by atoms with E-state index in [2.05, 4.69) is 35.9 Å². The highest BCUT2D eigenvalue weighted by Crippen LogP contribution is 2.20. The Labute approximate surface area is 101 Å². The lowest BCUT2D eigenvalue weighted by molar-refractivity contribution is 0.101. The molecule has 2 rings (SSSR count). The summed E-state index contributed by atoms with van der Waals surface area (Å²) in [6.45, 7) is 5.85.